The van der Waals surface area contributed by atoms with Crippen molar-refractivity contribution in [3.05, 3.63) is 94.2 Å². The number of nitrogens with one attached hydrogen (secondary N) is 1. The summed E-state index contributed by atoms with van der Waals surface area (Å²) in [5.41, 5.74) is 1.32. The van der Waals surface area contributed by atoms with Crippen LogP contribution in [0.4, 0.5) is 0 Å². The van der Waals surface area contributed by atoms with Gasteiger partial charge in [-0.05, 0) is 53.4 Å². The van der Waals surface area contributed by atoms with Gasteiger partial charge in [-0.25, -0.2) is 13.1 Å². The van der Waals surface area contributed by atoms with Crippen LogP contribution in [0, 0.1) is 0 Å². The van der Waals surface area contributed by atoms with Crippen molar-refractivity contribution in [2.75, 3.05) is 0 Å². The van der Waals surface area contributed by atoms with Crippen LogP contribution in [-0.2, 0) is 16.6 Å². The van der Waals surface area contributed by atoms with E-state index < -0.39 is 10.0 Å². The summed E-state index contributed by atoms with van der Waals surface area (Å²) in [6.07, 6.45) is 3.24. The van der Waals surface area contributed by atoms with E-state index in [1.54, 1.807) is 17.4 Å². The molecule has 0 bridgehead atoms. The molecule has 0 saturated heterocycles. The number of hydrogen-bond donors (Lipinski definition) is 1. The van der Waals surface area contributed by atoms with Gasteiger partial charge in [0.2, 0.25) is 10.0 Å². The molecule has 3 aromatic rings. The van der Waals surface area contributed by atoms with E-state index in [0.717, 1.165) is 10.4 Å². The Balaban J connectivity index is 1.67. The largest absolute Gasteiger partial charge is 0.289 e. The third-order valence-corrected chi connectivity index (χ3v) is 5.96. The van der Waals surface area contributed by atoms with Crippen molar-refractivity contribution in [2.45, 2.75) is 11.4 Å². The number of carbonyl (C=O) groups excluding carboxylic acids is 1. The van der Waals surface area contributed by atoms with Gasteiger partial charge in [-0.2, -0.15) is 0 Å². The zero-order valence-corrected chi connectivity index (χ0v) is 15.5. The molecule has 0 spiro atoms. The van der Waals surface area contributed by atoms with Gasteiger partial charge in [0, 0.05) is 17.0 Å². The van der Waals surface area contributed by atoms with Gasteiger partial charge in [0.15, 0.2) is 5.78 Å². The molecule has 3 rings (SSSR count). The van der Waals surface area contributed by atoms with Crippen molar-refractivity contribution in [3.63, 3.8) is 0 Å². The van der Waals surface area contributed by atoms with Gasteiger partial charge in [0.05, 0.1) is 4.90 Å². The normalized spacial score (nSPS) is 11.7. The molecule has 0 fully saturated rings. The molecule has 0 saturated carbocycles. The van der Waals surface area contributed by atoms with E-state index in [-0.39, 0.29) is 17.2 Å². The van der Waals surface area contributed by atoms with E-state index >= 15 is 0 Å². The second kappa shape index (κ2) is 8.23. The lowest BCUT2D eigenvalue weighted by Crippen LogP contribution is -2.23. The first-order valence-electron chi connectivity index (χ1n) is 7.94. The Morgan fingerprint density at radius 1 is 0.962 bits per heavy atom. The topological polar surface area (TPSA) is 63.2 Å². The predicted octanol–water partition coefficient (Wildman–Crippen LogP) is 4.12. The highest BCUT2D eigenvalue weighted by Crippen LogP contribution is 2.14. The highest BCUT2D eigenvalue weighted by atomic mass is 32.2. The first-order valence-corrected chi connectivity index (χ1v) is 10.3. The van der Waals surface area contributed by atoms with Gasteiger partial charge in [-0.15, -0.1) is 11.3 Å². The highest BCUT2D eigenvalue weighted by Gasteiger charge is 2.14. The van der Waals surface area contributed by atoms with E-state index in [9.17, 15) is 13.2 Å². The Hall–Kier alpha value is -2.54. The fraction of sp³-hybridized carbons (Fsp3) is 0.0500. The van der Waals surface area contributed by atoms with E-state index in [1.807, 2.05) is 47.8 Å². The summed E-state index contributed by atoms with van der Waals surface area (Å²) in [6.45, 7) is 0.216. The third-order valence-electron chi connectivity index (χ3n) is 3.70. The fourth-order valence-electron chi connectivity index (χ4n) is 2.30. The number of thiophene rings is 1. The molecule has 0 aliphatic carbocycles. The lowest BCUT2D eigenvalue weighted by Gasteiger charge is -2.07. The van der Waals surface area contributed by atoms with Crippen LogP contribution in [0.5, 0.6) is 0 Å². The van der Waals surface area contributed by atoms with Gasteiger partial charge in [0.1, 0.15) is 0 Å². The second-order valence-electron chi connectivity index (χ2n) is 5.55. The molecule has 4 nitrogen and oxygen atoms in total. The van der Waals surface area contributed by atoms with Crippen LogP contribution in [0.1, 0.15) is 20.8 Å². The molecule has 26 heavy (non-hydrogen) atoms. The number of benzene rings is 2. The van der Waals surface area contributed by atoms with Crippen LogP contribution in [0.3, 0.4) is 0 Å². The van der Waals surface area contributed by atoms with E-state index in [2.05, 4.69) is 4.72 Å². The molecule has 2 aromatic carbocycles. The molecular formula is C20H17NO3S2. The smallest absolute Gasteiger partial charge is 0.240 e. The van der Waals surface area contributed by atoms with E-state index in [1.165, 1.54) is 30.3 Å². The van der Waals surface area contributed by atoms with Crippen LogP contribution >= 0.6 is 11.3 Å². The minimum absolute atomic E-state index is 0.132. The number of carbonyl (C=O) groups is 1. The van der Waals surface area contributed by atoms with Crippen LogP contribution in [-0.4, -0.2) is 14.2 Å². The maximum Gasteiger partial charge on any atom is 0.240 e. The summed E-state index contributed by atoms with van der Waals surface area (Å²) in [5.74, 6) is -0.167. The van der Waals surface area contributed by atoms with Crippen molar-refractivity contribution in [1.29, 1.82) is 0 Å². The zero-order chi connectivity index (χ0) is 18.4. The third kappa shape index (κ3) is 4.76. The molecule has 0 atom stereocenters. The summed E-state index contributed by atoms with van der Waals surface area (Å²) < 4.78 is 27.3. The van der Waals surface area contributed by atoms with Gasteiger partial charge < -0.3 is 0 Å². The molecule has 0 unspecified atom stereocenters. The Bertz CT molecular complexity index is 991. The fourth-order valence-corrected chi connectivity index (χ4v) is 3.93. The average Bonchev–Trinajstić information content (AvgIpc) is 3.19. The number of sulfonamides is 1. The van der Waals surface area contributed by atoms with Crippen LogP contribution in [0.2, 0.25) is 0 Å². The Labute approximate surface area is 156 Å². The molecule has 0 amide bonds. The summed E-state index contributed by atoms with van der Waals surface area (Å²) >= 11 is 1.54. The van der Waals surface area contributed by atoms with E-state index in [0.29, 0.717) is 5.56 Å². The number of ketones is 1. The maximum atomic E-state index is 12.4. The molecule has 6 heteroatoms. The lowest BCUT2D eigenvalue weighted by molar-refractivity contribution is 0.104. The van der Waals surface area contributed by atoms with Crippen molar-refractivity contribution in [3.8, 4) is 0 Å². The number of hydrogen-bond acceptors (Lipinski definition) is 4. The van der Waals surface area contributed by atoms with Gasteiger partial charge in [0.25, 0.3) is 0 Å². The molecule has 1 heterocycles. The standard InChI is InChI=1S/C20H17NO3S2/c22-20(13-10-18-7-4-14-25-18)17-8-11-19(12-9-17)26(23,24)21-15-16-5-2-1-3-6-16/h1-14,21H,15H2/b13-10+. The average molecular weight is 383 g/mol. The van der Waals surface area contributed by atoms with Crippen LogP contribution in [0.15, 0.2) is 83.1 Å². The Kier molecular flexibility index (Phi) is 5.78. The quantitative estimate of drug-likeness (QED) is 0.493. The summed E-state index contributed by atoms with van der Waals surface area (Å²) in [7, 11) is -3.63. The van der Waals surface area contributed by atoms with Crippen molar-refractivity contribution in [2.24, 2.45) is 0 Å². The summed E-state index contributed by atoms with van der Waals surface area (Å²) in [4.78, 5) is 13.3. The number of rotatable bonds is 7. The summed E-state index contributed by atoms with van der Waals surface area (Å²) in [5, 5.41) is 1.94. The molecule has 0 aliphatic heterocycles. The van der Waals surface area contributed by atoms with Crippen LogP contribution in [0.25, 0.3) is 6.08 Å². The van der Waals surface area contributed by atoms with Gasteiger partial charge in [-0.1, -0.05) is 36.4 Å². The minimum Gasteiger partial charge on any atom is -0.289 e. The lowest BCUT2D eigenvalue weighted by atomic mass is 10.1. The van der Waals surface area contributed by atoms with Gasteiger partial charge in [-0.3, -0.25) is 4.79 Å². The summed E-state index contributed by atoms with van der Waals surface area (Å²) in [6, 6.07) is 19.1. The molecule has 1 aromatic heterocycles. The Morgan fingerprint density at radius 2 is 1.69 bits per heavy atom. The predicted molar refractivity (Wildman–Crippen MR) is 105 cm³/mol. The van der Waals surface area contributed by atoms with Gasteiger partial charge >= 0.3 is 0 Å². The molecular weight excluding hydrogens is 366 g/mol. The monoisotopic (exact) mass is 383 g/mol. The second-order valence-corrected chi connectivity index (χ2v) is 8.29. The minimum atomic E-state index is -3.63. The van der Waals surface area contributed by atoms with Crippen molar-refractivity contribution in [1.82, 2.24) is 4.72 Å². The van der Waals surface area contributed by atoms with Crippen molar-refractivity contribution >= 4 is 33.2 Å². The zero-order valence-electron chi connectivity index (χ0n) is 13.8. The molecule has 1 N–H and O–H groups in total. The first-order chi connectivity index (χ1) is 12.5. The van der Waals surface area contributed by atoms with Crippen molar-refractivity contribution < 1.29 is 13.2 Å². The SMILES string of the molecule is O=C(/C=C/c1cccs1)c1ccc(S(=O)(=O)NCc2ccccc2)cc1. The van der Waals surface area contributed by atoms with E-state index in [4.69, 9.17) is 0 Å². The number of allylic oxidation sites excluding steroid dienone is 1. The van der Waals surface area contributed by atoms with Crippen LogP contribution < -0.4 is 4.72 Å². The Morgan fingerprint density at radius 3 is 2.35 bits per heavy atom. The highest BCUT2D eigenvalue weighted by molar-refractivity contribution is 7.89. The first kappa shape index (κ1) is 18.3. The molecule has 132 valence electrons. The maximum absolute atomic E-state index is 12.4. The molecule has 0 radical (unpaired) electrons. The molecule has 0 aliphatic rings.